The van der Waals surface area contributed by atoms with E-state index < -0.39 is 18.1 Å². The summed E-state index contributed by atoms with van der Waals surface area (Å²) >= 11 is 0. The summed E-state index contributed by atoms with van der Waals surface area (Å²) in [6.45, 7) is 0.311. The van der Waals surface area contributed by atoms with E-state index in [9.17, 15) is 14.3 Å². The topological polar surface area (TPSA) is 82.0 Å². The first-order valence-corrected chi connectivity index (χ1v) is 6.36. The van der Waals surface area contributed by atoms with Crippen LogP contribution < -0.4 is 5.48 Å². The summed E-state index contributed by atoms with van der Waals surface area (Å²) in [5.74, 6) is -1.04. The molecule has 1 aliphatic rings. The first-order valence-electron chi connectivity index (χ1n) is 6.36. The summed E-state index contributed by atoms with van der Waals surface area (Å²) in [5.41, 5.74) is 1.93. The van der Waals surface area contributed by atoms with E-state index in [1.807, 2.05) is 0 Å². The van der Waals surface area contributed by atoms with E-state index in [-0.39, 0.29) is 18.8 Å². The summed E-state index contributed by atoms with van der Waals surface area (Å²) in [6, 6.07) is 5.40. The number of hydrogen-bond donors (Lipinski definition) is 3. The van der Waals surface area contributed by atoms with Gasteiger partial charge in [0.2, 0.25) is 0 Å². The maximum absolute atomic E-state index is 13.5. The van der Waals surface area contributed by atoms with Crippen molar-refractivity contribution < 1.29 is 24.3 Å². The van der Waals surface area contributed by atoms with Crippen molar-refractivity contribution in [3.63, 3.8) is 0 Å². The average molecular weight is 284 g/mol. The molecule has 0 aliphatic carbocycles. The highest BCUT2D eigenvalue weighted by Crippen LogP contribution is 2.19. The quantitative estimate of drug-likeness (QED) is 0.557. The summed E-state index contributed by atoms with van der Waals surface area (Å²) in [5, 5.41) is 19.6. The number of rotatable bonds is 4. The lowest BCUT2D eigenvalue weighted by atomic mass is 10.0. The molecule has 7 heteroatoms. The Kier molecular flexibility index (Phi) is 5.02. The third-order valence-electron chi connectivity index (χ3n) is 3.28. The Hall–Kier alpha value is -1.54. The standard InChI is InChI=1S/C13H17FN2O4/c14-11-4-2-1-3-9(11)8-20-16-6-5-10(17)7-12(16)13(18)15-19/h1-4,10,12,17,19H,5-8H2,(H,15,18)/t10-,12+/m0/s1. The Balaban J connectivity index is 1.99. The minimum absolute atomic E-state index is 0.0159. The van der Waals surface area contributed by atoms with Crippen LogP contribution in [0.4, 0.5) is 4.39 Å². The van der Waals surface area contributed by atoms with E-state index in [1.165, 1.54) is 11.1 Å². The number of aliphatic hydroxyl groups excluding tert-OH is 1. The van der Waals surface area contributed by atoms with Crippen molar-refractivity contribution in [1.82, 2.24) is 10.5 Å². The maximum atomic E-state index is 13.5. The Labute approximate surface area is 115 Å². The number of amides is 1. The molecule has 0 aromatic heterocycles. The molecule has 1 heterocycles. The second-order valence-electron chi connectivity index (χ2n) is 4.68. The van der Waals surface area contributed by atoms with Gasteiger partial charge in [0, 0.05) is 18.5 Å². The number of carbonyl (C=O) groups is 1. The average Bonchev–Trinajstić information content (AvgIpc) is 2.46. The minimum Gasteiger partial charge on any atom is -0.393 e. The van der Waals surface area contributed by atoms with Gasteiger partial charge in [0.05, 0.1) is 12.7 Å². The van der Waals surface area contributed by atoms with Gasteiger partial charge >= 0.3 is 0 Å². The van der Waals surface area contributed by atoms with Gasteiger partial charge in [0.25, 0.3) is 5.91 Å². The van der Waals surface area contributed by atoms with Gasteiger partial charge in [-0.3, -0.25) is 14.8 Å². The minimum atomic E-state index is -0.796. The van der Waals surface area contributed by atoms with Gasteiger partial charge in [-0.15, -0.1) is 0 Å². The number of nitrogens with one attached hydrogen (secondary N) is 1. The van der Waals surface area contributed by atoms with Crippen LogP contribution in [0.1, 0.15) is 18.4 Å². The van der Waals surface area contributed by atoms with Crippen molar-refractivity contribution in [3.8, 4) is 0 Å². The molecule has 1 aliphatic heterocycles. The lowest BCUT2D eigenvalue weighted by Crippen LogP contribution is -2.51. The van der Waals surface area contributed by atoms with Crippen molar-refractivity contribution in [2.24, 2.45) is 0 Å². The monoisotopic (exact) mass is 284 g/mol. The molecule has 0 saturated carbocycles. The van der Waals surface area contributed by atoms with Crippen LogP contribution in [0.3, 0.4) is 0 Å². The lowest BCUT2D eigenvalue weighted by Gasteiger charge is -2.35. The number of nitrogens with zero attached hydrogens (tertiary/aromatic N) is 1. The van der Waals surface area contributed by atoms with Crippen LogP contribution in [-0.2, 0) is 16.2 Å². The molecule has 1 fully saturated rings. The molecule has 0 bridgehead atoms. The van der Waals surface area contributed by atoms with Crippen LogP contribution in [0, 0.1) is 5.82 Å². The molecule has 110 valence electrons. The van der Waals surface area contributed by atoms with E-state index in [2.05, 4.69) is 0 Å². The van der Waals surface area contributed by atoms with Crippen LogP contribution in [0.25, 0.3) is 0 Å². The Morgan fingerprint density at radius 2 is 2.25 bits per heavy atom. The van der Waals surface area contributed by atoms with E-state index >= 15 is 0 Å². The number of carbonyl (C=O) groups excluding carboxylic acids is 1. The van der Waals surface area contributed by atoms with Crippen LogP contribution in [-0.4, -0.2) is 40.0 Å². The molecule has 6 nitrogen and oxygen atoms in total. The summed E-state index contributed by atoms with van der Waals surface area (Å²) in [4.78, 5) is 17.0. The number of halogens is 1. The van der Waals surface area contributed by atoms with Crippen molar-refractivity contribution in [2.45, 2.75) is 31.6 Å². The summed E-state index contributed by atoms with van der Waals surface area (Å²) in [7, 11) is 0. The third kappa shape index (κ3) is 3.51. The van der Waals surface area contributed by atoms with Gasteiger partial charge in [-0.2, -0.15) is 5.06 Å². The highest BCUT2D eigenvalue weighted by molar-refractivity contribution is 5.80. The molecule has 0 unspecified atom stereocenters. The van der Waals surface area contributed by atoms with E-state index in [1.54, 1.807) is 23.7 Å². The number of hydrogen-bond acceptors (Lipinski definition) is 5. The van der Waals surface area contributed by atoms with Crippen LogP contribution >= 0.6 is 0 Å². The molecular formula is C13H17FN2O4. The molecule has 2 rings (SSSR count). The Bertz CT molecular complexity index is 471. The van der Waals surface area contributed by atoms with Crippen molar-refractivity contribution in [2.75, 3.05) is 6.54 Å². The first kappa shape index (κ1) is 14.9. The molecule has 1 amide bonds. The number of benzene rings is 1. The normalized spacial score (nSPS) is 23.6. The van der Waals surface area contributed by atoms with Gasteiger partial charge < -0.3 is 5.11 Å². The highest BCUT2D eigenvalue weighted by Gasteiger charge is 2.33. The molecule has 0 radical (unpaired) electrons. The van der Waals surface area contributed by atoms with Gasteiger partial charge in [0.1, 0.15) is 11.9 Å². The summed E-state index contributed by atoms with van der Waals surface area (Å²) in [6.07, 6.45) is -0.0125. The van der Waals surface area contributed by atoms with Crippen LogP contribution in [0.15, 0.2) is 24.3 Å². The zero-order valence-electron chi connectivity index (χ0n) is 10.8. The largest absolute Gasteiger partial charge is 0.393 e. The zero-order valence-corrected chi connectivity index (χ0v) is 10.8. The molecule has 1 aromatic rings. The second-order valence-corrected chi connectivity index (χ2v) is 4.68. The molecule has 1 aromatic carbocycles. The van der Waals surface area contributed by atoms with E-state index in [4.69, 9.17) is 10.0 Å². The van der Waals surface area contributed by atoms with Crippen molar-refractivity contribution in [1.29, 1.82) is 0 Å². The number of hydroxylamine groups is 3. The molecule has 20 heavy (non-hydrogen) atoms. The first-order chi connectivity index (χ1) is 9.61. The summed E-state index contributed by atoms with van der Waals surface area (Å²) < 4.78 is 13.5. The van der Waals surface area contributed by atoms with Crippen molar-refractivity contribution >= 4 is 5.91 Å². The molecule has 2 atom stereocenters. The van der Waals surface area contributed by atoms with Gasteiger partial charge in [-0.25, -0.2) is 9.87 Å². The van der Waals surface area contributed by atoms with Crippen LogP contribution in [0.5, 0.6) is 0 Å². The van der Waals surface area contributed by atoms with E-state index in [0.717, 1.165) is 0 Å². The maximum Gasteiger partial charge on any atom is 0.263 e. The van der Waals surface area contributed by atoms with Crippen LogP contribution in [0.2, 0.25) is 0 Å². The predicted molar refractivity (Wildman–Crippen MR) is 66.9 cm³/mol. The zero-order chi connectivity index (χ0) is 14.5. The lowest BCUT2D eigenvalue weighted by molar-refractivity contribution is -0.220. The van der Waals surface area contributed by atoms with Gasteiger partial charge in [0.15, 0.2) is 0 Å². The fourth-order valence-corrected chi connectivity index (χ4v) is 2.16. The number of piperidine rings is 1. The third-order valence-corrected chi connectivity index (χ3v) is 3.28. The number of aliphatic hydroxyl groups is 1. The molecule has 3 N–H and O–H groups in total. The molecule has 0 spiro atoms. The highest BCUT2D eigenvalue weighted by atomic mass is 19.1. The predicted octanol–water partition coefficient (Wildman–Crippen LogP) is 0.588. The Morgan fingerprint density at radius 1 is 1.50 bits per heavy atom. The second kappa shape index (κ2) is 6.76. The Morgan fingerprint density at radius 3 is 2.95 bits per heavy atom. The van der Waals surface area contributed by atoms with Gasteiger partial charge in [-0.05, 0) is 12.5 Å². The smallest absolute Gasteiger partial charge is 0.263 e. The SMILES string of the molecule is O=C(NO)[C@H]1C[C@@H](O)CCN1OCc1ccccc1F. The fraction of sp³-hybridized carbons (Fsp3) is 0.462. The van der Waals surface area contributed by atoms with Crippen molar-refractivity contribution in [3.05, 3.63) is 35.6 Å². The van der Waals surface area contributed by atoms with Gasteiger partial charge in [-0.1, -0.05) is 18.2 Å². The molecular weight excluding hydrogens is 267 g/mol. The fourth-order valence-electron chi connectivity index (χ4n) is 2.16. The molecule has 1 saturated heterocycles. The van der Waals surface area contributed by atoms with E-state index in [0.29, 0.717) is 18.5 Å².